The van der Waals surface area contributed by atoms with Crippen LogP contribution in [-0.2, 0) is 48.1 Å². The number of fused-ring (bicyclic) bond motifs is 3. The molecule has 5 N–H and O–H groups in total. The SMILES string of the molecule is COC1CC(C[C@@H](C)[C@@H]2CC[C@H](N)/C=C(\C)C(O)[C@@H](OC)C(=O)C(C)C[C@H](C)/C=C/C=C/C=C(\C)C(N3CCCS3(=O)=O)CC3CCC(C)C(O)(O3)C(=O)C(=O)N3CCCCC3C(=O)O2)CC[C@H]1O. The number of ketones is 2. The molecule has 15 atom stereocenters. The fraction of sp³-hybridized carbons (Fsp3) is 0.769. The van der Waals surface area contributed by atoms with Crippen molar-refractivity contribution in [3.05, 3.63) is 47.6 Å². The standard InChI is InChI=1S/C52H83N3O13S/c1-32-15-10-9-11-16-33(2)42(55-25-14-26-69(55,63)64)31-40-21-18-37(6)52(62,68-40)49(59)50(60)54-24-13-12-17-41(54)51(61)67-44(34(3)28-38-19-22-43(56)45(30-38)65-7)23-20-39(53)29-36(5)47(58)48(66-8)46(57)35(4)27-32/h9-11,15-16,29,32,34-35,37-45,47-48,56,58,62H,12-14,17-28,30-31,53H2,1-8H3/b11-9+,15-10+,33-16+,36-29+/t32-,34-,35?,37?,38?,39+,40?,41?,42?,43-,44+,45?,47?,48+,52?/m1/s1. The largest absolute Gasteiger partial charge is 0.461 e. The van der Waals surface area contributed by atoms with E-state index in [0.717, 1.165) is 12.0 Å². The van der Waals surface area contributed by atoms with Crippen LogP contribution in [0.25, 0.3) is 0 Å². The van der Waals surface area contributed by atoms with Crippen molar-refractivity contribution in [3.63, 3.8) is 0 Å². The molecule has 0 aromatic heterocycles. The van der Waals surface area contributed by atoms with Crippen molar-refractivity contribution in [1.82, 2.24) is 9.21 Å². The molecule has 0 radical (unpaired) electrons. The number of rotatable bonds is 6. The zero-order chi connectivity index (χ0) is 50.8. The Morgan fingerprint density at radius 2 is 1.59 bits per heavy atom. The highest BCUT2D eigenvalue weighted by Crippen LogP contribution is 2.39. The van der Waals surface area contributed by atoms with Crippen LogP contribution in [0.1, 0.15) is 131 Å². The lowest BCUT2D eigenvalue weighted by molar-refractivity contribution is -0.264. The molecule has 0 aromatic rings. The van der Waals surface area contributed by atoms with Crippen LogP contribution in [0.3, 0.4) is 0 Å². The first-order chi connectivity index (χ1) is 32.6. The molecule has 9 unspecified atom stereocenters. The number of Topliss-reactive ketones (excluding diaryl/α,β-unsaturated/α-hetero) is 2. The number of cyclic esters (lactones) is 1. The lowest BCUT2D eigenvalue weighted by Crippen LogP contribution is -2.61. The van der Waals surface area contributed by atoms with Crippen LogP contribution in [0.2, 0.25) is 0 Å². The summed E-state index contributed by atoms with van der Waals surface area (Å²) in [5.41, 5.74) is 7.87. The molecule has 0 aromatic carbocycles. The highest BCUT2D eigenvalue weighted by Gasteiger charge is 2.53. The summed E-state index contributed by atoms with van der Waals surface area (Å²) < 4.78 is 52.0. The molecular weight excluding hydrogens is 907 g/mol. The average Bonchev–Trinajstić information content (AvgIpc) is 3.67. The van der Waals surface area contributed by atoms with Gasteiger partial charge in [0, 0.05) is 51.2 Å². The van der Waals surface area contributed by atoms with Crippen molar-refractivity contribution in [2.75, 3.05) is 33.1 Å². The van der Waals surface area contributed by atoms with E-state index in [-0.39, 0.29) is 54.8 Å². The van der Waals surface area contributed by atoms with E-state index in [2.05, 4.69) is 0 Å². The summed E-state index contributed by atoms with van der Waals surface area (Å²) in [4.78, 5) is 58.2. The van der Waals surface area contributed by atoms with Gasteiger partial charge >= 0.3 is 5.97 Å². The van der Waals surface area contributed by atoms with Crippen LogP contribution in [0.4, 0.5) is 0 Å². The number of aliphatic hydroxyl groups excluding tert-OH is 2. The first-order valence-corrected chi connectivity index (χ1v) is 27.1. The molecule has 3 saturated heterocycles. The Balaban J connectivity index is 1.48. The number of esters is 1. The Hall–Kier alpha value is -3.13. The minimum atomic E-state index is -3.61. The van der Waals surface area contributed by atoms with Gasteiger partial charge < -0.3 is 44.9 Å². The first kappa shape index (κ1) is 56.8. The number of ether oxygens (including phenoxy) is 4. The summed E-state index contributed by atoms with van der Waals surface area (Å²) in [5, 5.41) is 34.1. The summed E-state index contributed by atoms with van der Waals surface area (Å²) in [6.45, 7) is 11.4. The van der Waals surface area contributed by atoms with Crippen LogP contribution >= 0.6 is 0 Å². The number of methoxy groups -OCH3 is 2. The number of nitrogens with zero attached hydrogens (tertiary/aromatic N) is 2. The summed E-state index contributed by atoms with van der Waals surface area (Å²) >= 11 is 0. The second-order valence-electron chi connectivity index (χ2n) is 20.9. The summed E-state index contributed by atoms with van der Waals surface area (Å²) in [6.07, 6.45) is 12.8. The number of piperidine rings is 1. The quantitative estimate of drug-likeness (QED) is 0.155. The third-order valence-corrected chi connectivity index (χ3v) is 17.5. The monoisotopic (exact) mass is 990 g/mol. The van der Waals surface area contributed by atoms with Crippen molar-refractivity contribution in [2.24, 2.45) is 35.3 Å². The number of carbonyl (C=O) groups is 4. The molecule has 1 amide bonds. The smallest absolute Gasteiger partial charge is 0.329 e. The molecule has 5 aliphatic rings. The van der Waals surface area contributed by atoms with E-state index in [9.17, 15) is 42.9 Å². The maximum absolute atomic E-state index is 14.4. The average molecular weight is 990 g/mol. The molecule has 1 saturated carbocycles. The van der Waals surface area contributed by atoms with Gasteiger partial charge in [0.1, 0.15) is 24.4 Å². The van der Waals surface area contributed by atoms with Gasteiger partial charge in [0.25, 0.3) is 11.7 Å². The fourth-order valence-electron chi connectivity index (χ4n) is 11.2. The predicted molar refractivity (Wildman–Crippen MR) is 262 cm³/mol. The number of hydrogen-bond acceptors (Lipinski definition) is 14. The molecule has 4 aliphatic heterocycles. The Morgan fingerprint density at radius 1 is 0.855 bits per heavy atom. The minimum absolute atomic E-state index is 0.00101. The Morgan fingerprint density at radius 3 is 2.28 bits per heavy atom. The number of allylic oxidation sites excluding steroid dienone is 5. The number of sulfonamides is 1. The van der Waals surface area contributed by atoms with Gasteiger partial charge in [-0.3, -0.25) is 14.4 Å². The van der Waals surface area contributed by atoms with E-state index in [0.29, 0.717) is 82.7 Å². The Kier molecular flexibility index (Phi) is 21.0. The van der Waals surface area contributed by atoms with Crippen LogP contribution in [-0.4, -0.2) is 150 Å². The Labute approximate surface area is 411 Å². The van der Waals surface area contributed by atoms with Crippen LogP contribution in [0, 0.1) is 29.6 Å². The van der Waals surface area contributed by atoms with Gasteiger partial charge in [-0.25, -0.2) is 13.2 Å². The second-order valence-corrected chi connectivity index (χ2v) is 23.0. The van der Waals surface area contributed by atoms with Crippen LogP contribution in [0.15, 0.2) is 47.6 Å². The number of carbonyl (C=O) groups excluding carboxylic acids is 4. The molecule has 2 bridgehead atoms. The number of nitrogens with two attached hydrogens (primary N) is 1. The van der Waals surface area contributed by atoms with Gasteiger partial charge in [-0.1, -0.05) is 69.7 Å². The third kappa shape index (κ3) is 14.5. The van der Waals surface area contributed by atoms with E-state index >= 15 is 0 Å². The molecular formula is C52H83N3O13S. The second kappa shape index (κ2) is 25.5. The lowest BCUT2D eigenvalue weighted by atomic mass is 9.78. The maximum Gasteiger partial charge on any atom is 0.329 e. The van der Waals surface area contributed by atoms with Crippen molar-refractivity contribution in [1.29, 1.82) is 0 Å². The van der Waals surface area contributed by atoms with Crippen molar-refractivity contribution >= 4 is 33.5 Å². The van der Waals surface area contributed by atoms with Gasteiger partial charge in [-0.05, 0) is 127 Å². The lowest BCUT2D eigenvalue weighted by Gasteiger charge is -2.43. The summed E-state index contributed by atoms with van der Waals surface area (Å²) in [7, 11) is -0.628. The molecule has 69 heavy (non-hydrogen) atoms. The number of amides is 1. The molecule has 390 valence electrons. The van der Waals surface area contributed by atoms with Gasteiger partial charge in [-0.2, -0.15) is 4.31 Å². The molecule has 4 heterocycles. The first-order valence-electron chi connectivity index (χ1n) is 25.5. The number of aliphatic hydroxyl groups is 3. The van der Waals surface area contributed by atoms with Crippen molar-refractivity contribution in [2.45, 2.75) is 192 Å². The third-order valence-electron chi connectivity index (χ3n) is 15.5. The fourth-order valence-corrected chi connectivity index (χ4v) is 13.0. The highest BCUT2D eigenvalue weighted by atomic mass is 32.2. The summed E-state index contributed by atoms with van der Waals surface area (Å²) in [5.74, 6) is -6.92. The zero-order valence-electron chi connectivity index (χ0n) is 42.4. The molecule has 1 aliphatic carbocycles. The highest BCUT2D eigenvalue weighted by molar-refractivity contribution is 7.89. The van der Waals surface area contributed by atoms with Crippen LogP contribution in [0.5, 0.6) is 0 Å². The van der Waals surface area contributed by atoms with E-state index in [1.807, 2.05) is 58.1 Å². The number of hydrogen-bond donors (Lipinski definition) is 4. The van der Waals surface area contributed by atoms with E-state index in [1.165, 1.54) is 16.3 Å². The normalized spacial score (nSPS) is 40.9. The topological polar surface area (TPSA) is 233 Å². The predicted octanol–water partition coefficient (Wildman–Crippen LogP) is 5.08. The zero-order valence-corrected chi connectivity index (χ0v) is 43.2. The van der Waals surface area contributed by atoms with Gasteiger partial charge in [0.15, 0.2) is 5.78 Å². The molecule has 5 rings (SSSR count). The van der Waals surface area contributed by atoms with Crippen molar-refractivity contribution in [3.8, 4) is 0 Å². The van der Waals surface area contributed by atoms with E-state index < -0.39 is 94.0 Å². The van der Waals surface area contributed by atoms with E-state index in [4.69, 9.17) is 24.7 Å². The van der Waals surface area contributed by atoms with Gasteiger partial charge in [-0.15, -0.1) is 0 Å². The molecule has 0 spiro atoms. The minimum Gasteiger partial charge on any atom is -0.461 e. The van der Waals surface area contributed by atoms with Crippen molar-refractivity contribution < 1.29 is 61.9 Å². The Bertz CT molecular complexity index is 2010. The molecule has 17 heteroatoms. The van der Waals surface area contributed by atoms with Gasteiger partial charge in [0.2, 0.25) is 15.8 Å². The van der Waals surface area contributed by atoms with E-state index in [1.54, 1.807) is 27.0 Å². The van der Waals surface area contributed by atoms with Crippen LogP contribution < -0.4 is 5.73 Å². The molecule has 16 nitrogen and oxygen atoms in total. The maximum atomic E-state index is 14.4. The summed E-state index contributed by atoms with van der Waals surface area (Å²) in [6, 6.07) is -2.36. The van der Waals surface area contributed by atoms with Gasteiger partial charge in [0.05, 0.1) is 24.1 Å². The molecule has 4 fully saturated rings.